The molecule has 1 heterocycles. The minimum absolute atomic E-state index is 0.0685. The van der Waals surface area contributed by atoms with Crippen LogP contribution in [0.4, 0.5) is 0 Å². The molecular weight excluding hydrogens is 316 g/mol. The van der Waals surface area contributed by atoms with Gasteiger partial charge in [-0.3, -0.25) is 4.79 Å². The Morgan fingerprint density at radius 3 is 2.35 bits per heavy atom. The molecule has 6 nitrogen and oxygen atoms in total. The van der Waals surface area contributed by atoms with Crippen LogP contribution in [0.2, 0.25) is 0 Å². The number of carbonyl (C=O) groups is 1. The SMILES string of the molecule is CCOc1ccc(S(=O)(=O)N2CCN(C(=O)CC)CC2)cc1C. The Morgan fingerprint density at radius 1 is 1.17 bits per heavy atom. The van der Waals surface area contributed by atoms with Crippen molar-refractivity contribution in [2.24, 2.45) is 0 Å². The molecule has 0 aliphatic carbocycles. The summed E-state index contributed by atoms with van der Waals surface area (Å²) < 4.78 is 32.4. The van der Waals surface area contributed by atoms with E-state index < -0.39 is 10.0 Å². The molecule has 7 heteroatoms. The molecule has 1 aliphatic heterocycles. The number of amides is 1. The Morgan fingerprint density at radius 2 is 1.83 bits per heavy atom. The van der Waals surface area contributed by atoms with Gasteiger partial charge in [-0.25, -0.2) is 8.42 Å². The summed E-state index contributed by atoms with van der Waals surface area (Å²) in [5.74, 6) is 0.767. The normalized spacial score (nSPS) is 16.4. The molecule has 0 unspecified atom stereocenters. The maximum Gasteiger partial charge on any atom is 0.243 e. The molecule has 1 aliphatic rings. The highest BCUT2D eigenvalue weighted by Crippen LogP contribution is 2.24. The Labute approximate surface area is 138 Å². The predicted molar refractivity (Wildman–Crippen MR) is 88.0 cm³/mol. The minimum Gasteiger partial charge on any atom is -0.494 e. The average molecular weight is 340 g/mol. The summed E-state index contributed by atoms with van der Waals surface area (Å²) in [5.41, 5.74) is 0.799. The molecule has 0 spiro atoms. The molecule has 0 aromatic heterocycles. The summed E-state index contributed by atoms with van der Waals surface area (Å²) in [6, 6.07) is 4.92. The number of carbonyl (C=O) groups excluding carboxylic acids is 1. The number of ether oxygens (including phenoxy) is 1. The van der Waals surface area contributed by atoms with Gasteiger partial charge in [0.05, 0.1) is 11.5 Å². The van der Waals surface area contributed by atoms with E-state index in [1.165, 1.54) is 4.31 Å². The first-order valence-electron chi connectivity index (χ1n) is 7.91. The van der Waals surface area contributed by atoms with E-state index in [4.69, 9.17) is 4.74 Å². The molecule has 1 aromatic rings. The third-order valence-electron chi connectivity index (χ3n) is 3.98. The van der Waals surface area contributed by atoms with Crippen molar-refractivity contribution >= 4 is 15.9 Å². The number of sulfonamides is 1. The number of aryl methyl sites for hydroxylation is 1. The summed E-state index contributed by atoms with van der Waals surface area (Å²) >= 11 is 0. The zero-order valence-corrected chi connectivity index (χ0v) is 14.7. The molecular formula is C16H24N2O4S. The standard InChI is InChI=1S/C16H24N2O4S/c1-4-16(19)17-8-10-18(11-9-17)23(20,21)14-6-7-15(22-5-2)13(3)12-14/h6-7,12H,4-5,8-11H2,1-3H3. The van der Waals surface area contributed by atoms with Gasteiger partial charge in [0.25, 0.3) is 0 Å². The number of rotatable bonds is 5. The first kappa shape index (κ1) is 17.7. The summed E-state index contributed by atoms with van der Waals surface area (Å²) in [5, 5.41) is 0. The fraction of sp³-hybridized carbons (Fsp3) is 0.562. The predicted octanol–water partition coefficient (Wildman–Crippen LogP) is 1.64. The number of benzene rings is 1. The molecule has 1 saturated heterocycles. The molecule has 0 atom stereocenters. The number of hydrogen-bond donors (Lipinski definition) is 0. The zero-order chi connectivity index (χ0) is 17.0. The largest absolute Gasteiger partial charge is 0.494 e. The van der Waals surface area contributed by atoms with E-state index in [1.807, 2.05) is 20.8 Å². The molecule has 23 heavy (non-hydrogen) atoms. The first-order valence-corrected chi connectivity index (χ1v) is 9.35. The summed E-state index contributed by atoms with van der Waals surface area (Å²) in [6.07, 6.45) is 0.449. The van der Waals surface area contributed by atoms with Crippen molar-refractivity contribution < 1.29 is 17.9 Å². The summed E-state index contributed by atoms with van der Waals surface area (Å²) in [7, 11) is -3.53. The van der Waals surface area contributed by atoms with Gasteiger partial charge in [-0.2, -0.15) is 4.31 Å². The zero-order valence-electron chi connectivity index (χ0n) is 13.9. The van der Waals surface area contributed by atoms with Crippen molar-refractivity contribution in [3.8, 4) is 5.75 Å². The molecule has 1 fully saturated rings. The maximum atomic E-state index is 12.7. The molecule has 0 N–H and O–H groups in total. The number of nitrogens with zero attached hydrogens (tertiary/aromatic N) is 2. The highest BCUT2D eigenvalue weighted by molar-refractivity contribution is 7.89. The van der Waals surface area contributed by atoms with Crippen molar-refractivity contribution in [2.75, 3.05) is 32.8 Å². The molecule has 0 radical (unpaired) electrons. The second-order valence-electron chi connectivity index (χ2n) is 5.50. The summed E-state index contributed by atoms with van der Waals surface area (Å²) in [4.78, 5) is 13.7. The second-order valence-corrected chi connectivity index (χ2v) is 7.44. The van der Waals surface area contributed by atoms with Crippen molar-refractivity contribution in [1.29, 1.82) is 0 Å². The first-order chi connectivity index (χ1) is 10.9. The minimum atomic E-state index is -3.53. The fourth-order valence-corrected chi connectivity index (χ4v) is 4.16. The lowest BCUT2D eigenvalue weighted by Crippen LogP contribution is -2.50. The van der Waals surface area contributed by atoms with Crippen molar-refractivity contribution in [1.82, 2.24) is 9.21 Å². The molecule has 128 valence electrons. The monoisotopic (exact) mass is 340 g/mol. The van der Waals surface area contributed by atoms with Crippen LogP contribution in [0.25, 0.3) is 0 Å². The van der Waals surface area contributed by atoms with Gasteiger partial charge in [0, 0.05) is 32.6 Å². The van der Waals surface area contributed by atoms with E-state index in [0.29, 0.717) is 45.0 Å². The lowest BCUT2D eigenvalue weighted by atomic mass is 10.2. The van der Waals surface area contributed by atoms with Crippen molar-refractivity contribution in [3.63, 3.8) is 0 Å². The van der Waals surface area contributed by atoms with E-state index in [1.54, 1.807) is 23.1 Å². The van der Waals surface area contributed by atoms with Crippen LogP contribution in [0.3, 0.4) is 0 Å². The Hall–Kier alpha value is -1.60. The van der Waals surface area contributed by atoms with Gasteiger partial charge in [0.1, 0.15) is 5.75 Å². The summed E-state index contributed by atoms with van der Waals surface area (Å²) in [6.45, 7) is 7.64. The maximum absolute atomic E-state index is 12.7. The molecule has 0 saturated carbocycles. The van der Waals surface area contributed by atoms with Crippen LogP contribution < -0.4 is 4.74 Å². The van der Waals surface area contributed by atoms with Gasteiger partial charge in [-0.1, -0.05) is 6.92 Å². The van der Waals surface area contributed by atoms with E-state index in [9.17, 15) is 13.2 Å². The van der Waals surface area contributed by atoms with Crippen molar-refractivity contribution in [3.05, 3.63) is 23.8 Å². The van der Waals surface area contributed by atoms with Gasteiger partial charge in [-0.15, -0.1) is 0 Å². The van der Waals surface area contributed by atoms with Gasteiger partial charge in [0.2, 0.25) is 15.9 Å². The molecule has 2 rings (SSSR count). The third kappa shape index (κ3) is 3.84. The van der Waals surface area contributed by atoms with E-state index in [-0.39, 0.29) is 10.8 Å². The molecule has 1 amide bonds. The van der Waals surface area contributed by atoms with E-state index in [2.05, 4.69) is 0 Å². The Kier molecular flexibility index (Phi) is 5.64. The smallest absolute Gasteiger partial charge is 0.243 e. The molecule has 1 aromatic carbocycles. The lowest BCUT2D eigenvalue weighted by molar-refractivity contribution is -0.132. The van der Waals surface area contributed by atoms with Gasteiger partial charge in [-0.05, 0) is 37.6 Å². The third-order valence-corrected chi connectivity index (χ3v) is 5.87. The topological polar surface area (TPSA) is 66.9 Å². The number of piperazine rings is 1. The fourth-order valence-electron chi connectivity index (χ4n) is 2.65. The van der Waals surface area contributed by atoms with Crippen molar-refractivity contribution in [2.45, 2.75) is 32.1 Å². The van der Waals surface area contributed by atoms with Crippen LogP contribution in [0.5, 0.6) is 5.75 Å². The van der Waals surface area contributed by atoms with E-state index >= 15 is 0 Å². The Bertz CT molecular complexity index is 665. The lowest BCUT2D eigenvalue weighted by Gasteiger charge is -2.34. The van der Waals surface area contributed by atoms with Crippen LogP contribution in [-0.4, -0.2) is 56.3 Å². The van der Waals surface area contributed by atoms with Crippen LogP contribution in [0.15, 0.2) is 23.1 Å². The highest BCUT2D eigenvalue weighted by atomic mass is 32.2. The van der Waals surface area contributed by atoms with Crippen LogP contribution in [-0.2, 0) is 14.8 Å². The second kappa shape index (κ2) is 7.31. The molecule has 0 bridgehead atoms. The van der Waals surface area contributed by atoms with Crippen LogP contribution >= 0.6 is 0 Å². The quantitative estimate of drug-likeness (QED) is 0.817. The van der Waals surface area contributed by atoms with E-state index in [0.717, 1.165) is 5.56 Å². The average Bonchev–Trinajstić information content (AvgIpc) is 2.56. The van der Waals surface area contributed by atoms with Crippen LogP contribution in [0, 0.1) is 6.92 Å². The highest BCUT2D eigenvalue weighted by Gasteiger charge is 2.29. The van der Waals surface area contributed by atoms with Gasteiger partial charge >= 0.3 is 0 Å². The van der Waals surface area contributed by atoms with Gasteiger partial charge < -0.3 is 9.64 Å². The number of hydrogen-bond acceptors (Lipinski definition) is 4. The van der Waals surface area contributed by atoms with Crippen LogP contribution in [0.1, 0.15) is 25.8 Å². The Balaban J connectivity index is 2.13. The van der Waals surface area contributed by atoms with Gasteiger partial charge in [0.15, 0.2) is 0 Å².